The lowest BCUT2D eigenvalue weighted by Crippen LogP contribution is -2.00. The van der Waals surface area contributed by atoms with E-state index in [0.29, 0.717) is 17.5 Å². The van der Waals surface area contributed by atoms with Gasteiger partial charge in [-0.3, -0.25) is 0 Å². The highest BCUT2D eigenvalue weighted by Gasteiger charge is 2.14. The van der Waals surface area contributed by atoms with Crippen LogP contribution in [0.25, 0.3) is 78.7 Å². The second kappa shape index (κ2) is 13.5. The van der Waals surface area contributed by atoms with E-state index in [1.54, 1.807) is 0 Å². The van der Waals surface area contributed by atoms with Crippen molar-refractivity contribution in [3.8, 4) is 78.7 Å². The SMILES string of the molecule is Clc1ccc(-c2cccc(-c3ccc(-c4nc(-c5cccc(-c6ccccc6)c5)nc(-c5cccc(-c6ccccc6)c5)n4)cc3)c2)cc1. The van der Waals surface area contributed by atoms with E-state index in [1.165, 1.54) is 0 Å². The molecule has 0 amide bonds. The highest BCUT2D eigenvalue weighted by atomic mass is 35.5. The van der Waals surface area contributed by atoms with Crippen molar-refractivity contribution in [3.63, 3.8) is 0 Å². The summed E-state index contributed by atoms with van der Waals surface area (Å²) >= 11 is 6.13. The van der Waals surface area contributed by atoms with E-state index in [9.17, 15) is 0 Å². The highest BCUT2D eigenvalue weighted by molar-refractivity contribution is 6.30. The van der Waals surface area contributed by atoms with Crippen molar-refractivity contribution in [2.24, 2.45) is 0 Å². The van der Waals surface area contributed by atoms with E-state index < -0.39 is 0 Å². The second-order valence-corrected chi connectivity index (χ2v) is 12.3. The van der Waals surface area contributed by atoms with E-state index in [2.05, 4.69) is 146 Å². The molecule has 0 aliphatic rings. The van der Waals surface area contributed by atoms with E-state index >= 15 is 0 Å². The fourth-order valence-corrected chi connectivity index (χ4v) is 6.16. The average Bonchev–Trinajstić information content (AvgIpc) is 3.19. The Morgan fingerprint density at radius 1 is 0.245 bits per heavy atom. The smallest absolute Gasteiger partial charge is 0.164 e. The molecule has 7 aromatic carbocycles. The largest absolute Gasteiger partial charge is 0.208 e. The summed E-state index contributed by atoms with van der Waals surface area (Å²) in [7, 11) is 0. The van der Waals surface area contributed by atoms with Crippen molar-refractivity contribution < 1.29 is 0 Å². The number of hydrogen-bond donors (Lipinski definition) is 0. The quantitative estimate of drug-likeness (QED) is 0.173. The summed E-state index contributed by atoms with van der Waals surface area (Å²) in [4.78, 5) is 15.1. The number of rotatable bonds is 7. The molecule has 0 spiro atoms. The third-order valence-electron chi connectivity index (χ3n) is 8.61. The van der Waals surface area contributed by atoms with Gasteiger partial charge in [0.25, 0.3) is 0 Å². The van der Waals surface area contributed by atoms with Gasteiger partial charge in [-0.05, 0) is 74.8 Å². The predicted octanol–water partition coefficient (Wildman–Crippen LogP) is 12.2. The maximum absolute atomic E-state index is 6.13. The molecule has 232 valence electrons. The van der Waals surface area contributed by atoms with Crippen molar-refractivity contribution in [2.75, 3.05) is 0 Å². The van der Waals surface area contributed by atoms with E-state index in [-0.39, 0.29) is 0 Å². The molecule has 0 saturated carbocycles. The van der Waals surface area contributed by atoms with Crippen LogP contribution < -0.4 is 0 Å². The summed E-state index contributed by atoms with van der Waals surface area (Å²) in [5, 5.41) is 0.730. The highest BCUT2D eigenvalue weighted by Crippen LogP contribution is 2.32. The monoisotopic (exact) mass is 647 g/mol. The second-order valence-electron chi connectivity index (χ2n) is 11.9. The molecule has 0 fully saturated rings. The lowest BCUT2D eigenvalue weighted by atomic mass is 9.98. The summed E-state index contributed by atoms with van der Waals surface area (Å²) in [5.41, 5.74) is 11.8. The Bertz CT molecular complexity index is 2270. The van der Waals surface area contributed by atoms with Crippen molar-refractivity contribution in [2.45, 2.75) is 0 Å². The Hall–Kier alpha value is -6.16. The van der Waals surface area contributed by atoms with Gasteiger partial charge in [-0.25, -0.2) is 15.0 Å². The Kier molecular flexibility index (Phi) is 8.33. The number of benzene rings is 7. The van der Waals surface area contributed by atoms with Crippen molar-refractivity contribution in [1.82, 2.24) is 15.0 Å². The zero-order chi connectivity index (χ0) is 33.0. The standard InChI is InChI=1S/C45H30ClN3/c46-42-26-24-34(25-27-42)37-15-7-14-36(28-37)33-20-22-35(23-21-33)43-47-44(40-18-8-16-38(29-40)31-10-3-1-4-11-31)49-45(48-43)41-19-9-17-39(30-41)32-12-5-2-6-13-32/h1-30H. The molecular weight excluding hydrogens is 618 g/mol. The zero-order valence-electron chi connectivity index (χ0n) is 26.5. The third kappa shape index (κ3) is 6.66. The van der Waals surface area contributed by atoms with Gasteiger partial charge >= 0.3 is 0 Å². The van der Waals surface area contributed by atoms with Gasteiger partial charge < -0.3 is 0 Å². The third-order valence-corrected chi connectivity index (χ3v) is 8.86. The van der Waals surface area contributed by atoms with E-state index in [4.69, 9.17) is 26.6 Å². The molecule has 0 aliphatic carbocycles. The molecular formula is C45H30ClN3. The van der Waals surface area contributed by atoms with Gasteiger partial charge in [0.15, 0.2) is 17.5 Å². The first-order valence-electron chi connectivity index (χ1n) is 16.2. The molecule has 0 aliphatic heterocycles. The molecule has 3 nitrogen and oxygen atoms in total. The lowest BCUT2D eigenvalue weighted by Gasteiger charge is -2.11. The summed E-state index contributed by atoms with van der Waals surface area (Å²) < 4.78 is 0. The van der Waals surface area contributed by atoms with Crippen molar-refractivity contribution in [1.29, 1.82) is 0 Å². The maximum Gasteiger partial charge on any atom is 0.164 e. The predicted molar refractivity (Wildman–Crippen MR) is 203 cm³/mol. The van der Waals surface area contributed by atoms with Gasteiger partial charge in [0, 0.05) is 21.7 Å². The molecule has 4 heteroatoms. The van der Waals surface area contributed by atoms with Crippen LogP contribution in [-0.2, 0) is 0 Å². The number of aromatic nitrogens is 3. The van der Waals surface area contributed by atoms with Gasteiger partial charge in [0.05, 0.1) is 0 Å². The molecule has 0 bridgehead atoms. The minimum absolute atomic E-state index is 0.622. The number of nitrogens with zero attached hydrogens (tertiary/aromatic N) is 3. The van der Waals surface area contributed by atoms with Crippen LogP contribution in [0, 0.1) is 0 Å². The first kappa shape index (κ1) is 30.2. The van der Waals surface area contributed by atoms with Crippen LogP contribution in [0.3, 0.4) is 0 Å². The fourth-order valence-electron chi connectivity index (χ4n) is 6.03. The minimum Gasteiger partial charge on any atom is -0.208 e. The normalized spacial score (nSPS) is 11.0. The molecule has 0 N–H and O–H groups in total. The van der Waals surface area contributed by atoms with Crippen LogP contribution in [0.4, 0.5) is 0 Å². The first-order chi connectivity index (χ1) is 24.2. The van der Waals surface area contributed by atoms with Crippen LogP contribution in [0.2, 0.25) is 5.02 Å². The summed E-state index contributed by atoms with van der Waals surface area (Å²) in [6.45, 7) is 0. The molecule has 0 atom stereocenters. The molecule has 0 unspecified atom stereocenters. The lowest BCUT2D eigenvalue weighted by molar-refractivity contribution is 1.07. The van der Waals surface area contributed by atoms with Gasteiger partial charge in [0.1, 0.15) is 0 Å². The Labute approximate surface area is 291 Å². The fraction of sp³-hybridized carbons (Fsp3) is 0. The maximum atomic E-state index is 6.13. The minimum atomic E-state index is 0.622. The Balaban J connectivity index is 1.20. The number of halogens is 1. The van der Waals surface area contributed by atoms with Gasteiger partial charge in [-0.2, -0.15) is 0 Å². The van der Waals surface area contributed by atoms with Crippen LogP contribution in [0.1, 0.15) is 0 Å². The molecule has 8 aromatic rings. The van der Waals surface area contributed by atoms with Crippen LogP contribution >= 0.6 is 11.6 Å². The number of hydrogen-bond acceptors (Lipinski definition) is 3. The average molecular weight is 648 g/mol. The molecule has 1 heterocycles. The first-order valence-corrected chi connectivity index (χ1v) is 16.6. The van der Waals surface area contributed by atoms with Crippen LogP contribution in [-0.4, -0.2) is 15.0 Å². The summed E-state index contributed by atoms with van der Waals surface area (Å²) in [6, 6.07) is 62.4. The van der Waals surface area contributed by atoms with Crippen LogP contribution in [0.5, 0.6) is 0 Å². The molecule has 0 saturated heterocycles. The Morgan fingerprint density at radius 3 is 0.959 bits per heavy atom. The van der Waals surface area contributed by atoms with Gasteiger partial charge in [0.2, 0.25) is 0 Å². The molecule has 49 heavy (non-hydrogen) atoms. The molecule has 8 rings (SSSR count). The van der Waals surface area contributed by atoms with E-state index in [0.717, 1.165) is 66.2 Å². The van der Waals surface area contributed by atoms with Crippen molar-refractivity contribution in [3.05, 3.63) is 187 Å². The molecule has 0 radical (unpaired) electrons. The van der Waals surface area contributed by atoms with Gasteiger partial charge in [-0.15, -0.1) is 0 Å². The summed E-state index contributed by atoms with van der Waals surface area (Å²) in [6.07, 6.45) is 0. The summed E-state index contributed by atoms with van der Waals surface area (Å²) in [5.74, 6) is 1.88. The Morgan fingerprint density at radius 2 is 0.531 bits per heavy atom. The van der Waals surface area contributed by atoms with Crippen LogP contribution in [0.15, 0.2) is 182 Å². The van der Waals surface area contributed by atoms with Gasteiger partial charge in [-0.1, -0.05) is 163 Å². The van der Waals surface area contributed by atoms with Crippen molar-refractivity contribution >= 4 is 11.6 Å². The zero-order valence-corrected chi connectivity index (χ0v) is 27.3. The van der Waals surface area contributed by atoms with E-state index in [1.807, 2.05) is 36.4 Å². The topological polar surface area (TPSA) is 38.7 Å². The molecule has 1 aromatic heterocycles.